The van der Waals surface area contributed by atoms with Gasteiger partial charge in [0.1, 0.15) is 0 Å². The van der Waals surface area contributed by atoms with E-state index in [4.69, 9.17) is 23.9 Å². The van der Waals surface area contributed by atoms with E-state index in [1.54, 1.807) is 77.1 Å². The van der Waals surface area contributed by atoms with Gasteiger partial charge in [-0.05, 0) is 60.2 Å². The number of halogens is 1. The largest absolute Gasteiger partial charge is 0.493 e. The summed E-state index contributed by atoms with van der Waals surface area (Å²) >= 11 is 3.42. The van der Waals surface area contributed by atoms with Gasteiger partial charge in [0.15, 0.2) is 28.8 Å². The van der Waals surface area contributed by atoms with Crippen LogP contribution in [0.1, 0.15) is 5.56 Å². The molecule has 0 aliphatic carbocycles. The van der Waals surface area contributed by atoms with Crippen molar-refractivity contribution in [3.8, 4) is 34.4 Å². The fourth-order valence-electron chi connectivity index (χ4n) is 3.48. The summed E-state index contributed by atoms with van der Waals surface area (Å²) in [6.07, 6.45) is 1.57. The second kappa shape index (κ2) is 9.96. The summed E-state index contributed by atoms with van der Waals surface area (Å²) in [4.78, 5) is 18.2. The third kappa shape index (κ3) is 4.47. The smallest absolute Gasteiger partial charge is 0.282 e. The van der Waals surface area contributed by atoms with E-state index in [0.717, 1.165) is 10.0 Å². The Balaban J connectivity index is 1.92. The maximum absolute atomic E-state index is 13.5. The molecule has 0 radical (unpaired) electrons. The van der Waals surface area contributed by atoms with Gasteiger partial charge in [0.25, 0.3) is 5.56 Å². The molecular formula is C25H22BrN3O5. The van der Waals surface area contributed by atoms with Crippen molar-refractivity contribution in [2.24, 2.45) is 5.10 Å². The first kappa shape index (κ1) is 23.3. The quantitative estimate of drug-likeness (QED) is 0.325. The van der Waals surface area contributed by atoms with E-state index in [1.807, 2.05) is 12.1 Å². The average Bonchev–Trinajstić information content (AvgIpc) is 2.87. The zero-order chi connectivity index (χ0) is 24.2. The lowest BCUT2D eigenvalue weighted by molar-refractivity contribution is 0.355. The van der Waals surface area contributed by atoms with Gasteiger partial charge in [0.2, 0.25) is 0 Å². The van der Waals surface area contributed by atoms with E-state index < -0.39 is 0 Å². The van der Waals surface area contributed by atoms with Crippen LogP contribution in [-0.4, -0.2) is 44.3 Å². The number of methoxy groups -OCH3 is 4. The molecule has 4 aromatic rings. The van der Waals surface area contributed by atoms with Crippen molar-refractivity contribution >= 4 is 33.0 Å². The molecule has 1 aromatic heterocycles. The molecule has 0 bridgehead atoms. The van der Waals surface area contributed by atoms with Crippen LogP contribution in [0.3, 0.4) is 0 Å². The molecular weight excluding hydrogens is 502 g/mol. The minimum atomic E-state index is -0.312. The standard InChI is InChI=1S/C25H22BrN3O5/c1-31-20-9-5-15(11-22(20)33-3)14-27-29-24(16-6-10-21(32-2)23(12-16)34-4)28-19-8-7-17(26)13-18(19)25(29)30/h5-14H,1-4H3. The fourth-order valence-corrected chi connectivity index (χ4v) is 3.84. The molecule has 0 fully saturated rings. The zero-order valence-electron chi connectivity index (χ0n) is 19.0. The van der Waals surface area contributed by atoms with Gasteiger partial charge in [-0.3, -0.25) is 4.79 Å². The number of aromatic nitrogens is 2. The number of benzene rings is 3. The molecule has 4 rings (SSSR count). The normalized spacial score (nSPS) is 11.1. The highest BCUT2D eigenvalue weighted by atomic mass is 79.9. The van der Waals surface area contributed by atoms with Gasteiger partial charge in [0.05, 0.1) is 45.6 Å². The van der Waals surface area contributed by atoms with Crippen molar-refractivity contribution in [1.82, 2.24) is 9.66 Å². The molecule has 0 aliphatic rings. The van der Waals surface area contributed by atoms with Crippen molar-refractivity contribution in [2.45, 2.75) is 0 Å². The number of nitrogens with zero attached hydrogens (tertiary/aromatic N) is 3. The molecule has 8 nitrogen and oxygen atoms in total. The zero-order valence-corrected chi connectivity index (χ0v) is 20.6. The van der Waals surface area contributed by atoms with Gasteiger partial charge in [-0.15, -0.1) is 0 Å². The predicted octanol–water partition coefficient (Wildman–Crippen LogP) is 4.74. The molecule has 0 spiro atoms. The molecule has 0 saturated carbocycles. The van der Waals surface area contributed by atoms with E-state index in [9.17, 15) is 4.79 Å². The first-order valence-electron chi connectivity index (χ1n) is 10.2. The van der Waals surface area contributed by atoms with Gasteiger partial charge >= 0.3 is 0 Å². The van der Waals surface area contributed by atoms with E-state index in [-0.39, 0.29) is 5.56 Å². The van der Waals surface area contributed by atoms with Crippen molar-refractivity contribution in [3.05, 3.63) is 75.0 Å². The van der Waals surface area contributed by atoms with Gasteiger partial charge < -0.3 is 18.9 Å². The minimum absolute atomic E-state index is 0.312. The summed E-state index contributed by atoms with van der Waals surface area (Å²) in [5.41, 5.74) is 1.60. The van der Waals surface area contributed by atoms with Gasteiger partial charge in [-0.2, -0.15) is 9.78 Å². The molecule has 0 N–H and O–H groups in total. The van der Waals surface area contributed by atoms with Gasteiger partial charge in [-0.1, -0.05) is 15.9 Å². The highest BCUT2D eigenvalue weighted by molar-refractivity contribution is 9.10. The highest BCUT2D eigenvalue weighted by Gasteiger charge is 2.15. The molecule has 0 atom stereocenters. The third-order valence-electron chi connectivity index (χ3n) is 5.18. The summed E-state index contributed by atoms with van der Waals surface area (Å²) in [5, 5.41) is 4.93. The first-order valence-corrected chi connectivity index (χ1v) is 11.0. The van der Waals surface area contributed by atoms with Crippen LogP contribution >= 0.6 is 15.9 Å². The van der Waals surface area contributed by atoms with Crippen LogP contribution in [0.4, 0.5) is 0 Å². The topological polar surface area (TPSA) is 84.2 Å². The van der Waals surface area contributed by atoms with Crippen LogP contribution < -0.4 is 24.5 Å². The lowest BCUT2D eigenvalue weighted by Crippen LogP contribution is -2.20. The number of hydrogen-bond acceptors (Lipinski definition) is 7. The Kier molecular flexibility index (Phi) is 6.83. The molecule has 0 unspecified atom stereocenters. The lowest BCUT2D eigenvalue weighted by Gasteiger charge is -2.13. The molecule has 174 valence electrons. The molecule has 0 amide bonds. The molecule has 0 aliphatic heterocycles. The Hall–Kier alpha value is -3.85. The van der Waals surface area contributed by atoms with Crippen LogP contribution in [0, 0.1) is 0 Å². The lowest BCUT2D eigenvalue weighted by atomic mass is 10.1. The second-order valence-corrected chi connectivity index (χ2v) is 8.06. The maximum Gasteiger partial charge on any atom is 0.282 e. The van der Waals surface area contributed by atoms with Gasteiger partial charge in [0, 0.05) is 10.0 Å². The van der Waals surface area contributed by atoms with Crippen molar-refractivity contribution in [2.75, 3.05) is 28.4 Å². The van der Waals surface area contributed by atoms with Crippen LogP contribution in [0.25, 0.3) is 22.3 Å². The molecule has 1 heterocycles. The molecule has 0 saturated heterocycles. The van der Waals surface area contributed by atoms with Crippen LogP contribution in [0.5, 0.6) is 23.0 Å². The predicted molar refractivity (Wildman–Crippen MR) is 135 cm³/mol. The van der Waals surface area contributed by atoms with Gasteiger partial charge in [-0.25, -0.2) is 4.98 Å². The Morgan fingerprint density at radius 1 is 0.824 bits per heavy atom. The first-order chi connectivity index (χ1) is 16.5. The van der Waals surface area contributed by atoms with Crippen LogP contribution in [-0.2, 0) is 0 Å². The van der Waals surface area contributed by atoms with Crippen molar-refractivity contribution < 1.29 is 18.9 Å². The Labute approximate surface area is 204 Å². The summed E-state index contributed by atoms with van der Waals surface area (Å²) in [7, 11) is 6.24. The number of hydrogen-bond donors (Lipinski definition) is 0. The maximum atomic E-state index is 13.5. The van der Waals surface area contributed by atoms with E-state index in [0.29, 0.717) is 45.3 Å². The molecule has 9 heteroatoms. The summed E-state index contributed by atoms with van der Waals surface area (Å²) in [6, 6.07) is 16.0. The number of fused-ring (bicyclic) bond motifs is 1. The highest BCUT2D eigenvalue weighted by Crippen LogP contribution is 2.32. The average molecular weight is 524 g/mol. The number of ether oxygens (including phenoxy) is 4. The van der Waals surface area contributed by atoms with Crippen LogP contribution in [0.15, 0.2) is 69.0 Å². The van der Waals surface area contributed by atoms with Crippen molar-refractivity contribution in [1.29, 1.82) is 0 Å². The molecule has 3 aromatic carbocycles. The Morgan fingerprint density at radius 3 is 2.15 bits per heavy atom. The Bertz CT molecular complexity index is 1450. The second-order valence-electron chi connectivity index (χ2n) is 7.14. The fraction of sp³-hybridized carbons (Fsp3) is 0.160. The SMILES string of the molecule is COc1ccc(C=Nn2c(-c3ccc(OC)c(OC)c3)nc3ccc(Br)cc3c2=O)cc1OC. The minimum Gasteiger partial charge on any atom is -0.493 e. The van der Waals surface area contributed by atoms with E-state index in [2.05, 4.69) is 21.0 Å². The summed E-state index contributed by atoms with van der Waals surface area (Å²) in [6.45, 7) is 0. The molecule has 34 heavy (non-hydrogen) atoms. The Morgan fingerprint density at radius 2 is 1.47 bits per heavy atom. The number of rotatable bonds is 7. The third-order valence-corrected chi connectivity index (χ3v) is 5.67. The van der Waals surface area contributed by atoms with E-state index in [1.165, 1.54) is 4.68 Å². The summed E-state index contributed by atoms with van der Waals surface area (Å²) in [5.74, 6) is 2.59. The monoisotopic (exact) mass is 523 g/mol. The summed E-state index contributed by atoms with van der Waals surface area (Å²) < 4.78 is 23.5. The van der Waals surface area contributed by atoms with E-state index >= 15 is 0 Å². The van der Waals surface area contributed by atoms with Crippen LogP contribution in [0.2, 0.25) is 0 Å². The van der Waals surface area contributed by atoms with Crippen molar-refractivity contribution in [3.63, 3.8) is 0 Å².